The zero-order valence-corrected chi connectivity index (χ0v) is 25.1. The molecule has 0 saturated heterocycles. The van der Waals surface area contributed by atoms with E-state index in [1.165, 1.54) is 6.07 Å². The van der Waals surface area contributed by atoms with Crippen molar-refractivity contribution in [3.63, 3.8) is 0 Å². The molecular formula is C34H39BF2N4O. The van der Waals surface area contributed by atoms with Crippen LogP contribution in [-0.2, 0) is 0 Å². The number of aromatic nitrogens is 1. The summed E-state index contributed by atoms with van der Waals surface area (Å²) in [7, 11) is 7.52. The highest BCUT2D eigenvalue weighted by atomic mass is 19.1. The van der Waals surface area contributed by atoms with Gasteiger partial charge in [-0.3, -0.25) is 4.98 Å². The Labute approximate surface area is 248 Å². The molecule has 2 atom stereocenters. The lowest BCUT2D eigenvalue weighted by molar-refractivity contribution is 0.410. The Morgan fingerprint density at radius 3 is 2.62 bits per heavy atom. The van der Waals surface area contributed by atoms with Gasteiger partial charge in [0.1, 0.15) is 25.2 Å². The van der Waals surface area contributed by atoms with Crippen LogP contribution in [0.4, 0.5) is 14.5 Å². The van der Waals surface area contributed by atoms with E-state index in [1.807, 2.05) is 25.3 Å². The highest BCUT2D eigenvalue weighted by Gasteiger charge is 2.35. The Hall–Kier alpha value is -3.81. The van der Waals surface area contributed by atoms with Gasteiger partial charge in [-0.05, 0) is 63.3 Å². The fraction of sp³-hybridized carbons (Fsp3) is 0.382. The molecule has 2 aliphatic rings. The monoisotopic (exact) mass is 568 g/mol. The lowest BCUT2D eigenvalue weighted by atomic mass is 9.90. The van der Waals surface area contributed by atoms with Gasteiger partial charge >= 0.3 is 0 Å². The SMILES string of the molecule is [B]c1cc(-c2nc(C(CNC(=C)c3cc(OC)c(=C\C)/c(=C\NC(C)C)c3)C3CC3)cc3c2NCC3C)c(F)cc1F. The number of rotatable bonds is 10. The third-order valence-corrected chi connectivity index (χ3v) is 8.24. The highest BCUT2D eigenvalue weighted by Crippen LogP contribution is 2.46. The van der Waals surface area contributed by atoms with Crippen LogP contribution in [0.3, 0.4) is 0 Å². The third-order valence-electron chi connectivity index (χ3n) is 8.24. The number of anilines is 1. The van der Waals surface area contributed by atoms with Crippen molar-refractivity contribution in [2.45, 2.75) is 58.4 Å². The first-order chi connectivity index (χ1) is 20.1. The van der Waals surface area contributed by atoms with Crippen molar-refractivity contribution in [2.24, 2.45) is 5.92 Å². The number of ether oxygens (including phenoxy) is 1. The second-order valence-corrected chi connectivity index (χ2v) is 11.7. The van der Waals surface area contributed by atoms with E-state index >= 15 is 4.39 Å². The summed E-state index contributed by atoms with van der Waals surface area (Å²) in [6.07, 6.45) is 6.26. The topological polar surface area (TPSA) is 58.2 Å². The van der Waals surface area contributed by atoms with Crippen molar-refractivity contribution in [1.82, 2.24) is 15.6 Å². The Morgan fingerprint density at radius 1 is 1.19 bits per heavy atom. The molecule has 2 radical (unpaired) electrons. The van der Waals surface area contributed by atoms with Crippen LogP contribution in [0, 0.1) is 17.6 Å². The maximum Gasteiger partial charge on any atom is 0.135 e. The van der Waals surface area contributed by atoms with E-state index in [0.29, 0.717) is 24.2 Å². The van der Waals surface area contributed by atoms with Crippen LogP contribution >= 0.6 is 0 Å². The van der Waals surface area contributed by atoms with Crippen molar-refractivity contribution in [3.8, 4) is 17.0 Å². The maximum absolute atomic E-state index is 15.1. The van der Waals surface area contributed by atoms with Gasteiger partial charge in [-0.15, -0.1) is 0 Å². The first-order valence-electron chi connectivity index (χ1n) is 14.7. The molecule has 2 unspecified atom stereocenters. The van der Waals surface area contributed by atoms with E-state index in [0.717, 1.165) is 69.8 Å². The van der Waals surface area contributed by atoms with Crippen LogP contribution in [0.25, 0.3) is 29.2 Å². The first-order valence-corrected chi connectivity index (χ1v) is 14.7. The van der Waals surface area contributed by atoms with E-state index in [-0.39, 0.29) is 22.9 Å². The number of fused-ring (bicyclic) bond motifs is 1. The normalized spacial score (nSPS) is 17.7. The molecule has 1 aromatic heterocycles. The van der Waals surface area contributed by atoms with Gasteiger partial charge in [-0.2, -0.15) is 0 Å². The van der Waals surface area contributed by atoms with Crippen LogP contribution in [-0.4, -0.2) is 39.1 Å². The molecule has 0 amide bonds. The molecule has 5 rings (SSSR count). The summed E-state index contributed by atoms with van der Waals surface area (Å²) in [5.41, 5.74) is 5.10. The predicted molar refractivity (Wildman–Crippen MR) is 170 cm³/mol. The molecule has 1 saturated carbocycles. The summed E-state index contributed by atoms with van der Waals surface area (Å²) in [6, 6.07) is 8.75. The van der Waals surface area contributed by atoms with Gasteiger partial charge in [0.25, 0.3) is 0 Å². The predicted octanol–water partition coefficient (Wildman–Crippen LogP) is 4.65. The van der Waals surface area contributed by atoms with Crippen molar-refractivity contribution >= 4 is 37.0 Å². The second-order valence-electron chi connectivity index (χ2n) is 11.7. The maximum atomic E-state index is 15.1. The molecule has 42 heavy (non-hydrogen) atoms. The standard InChI is InChI=1S/C34H39BF2N4O/c1-7-24-23(16-38-18(2)3)10-22(11-32(24)42-6)20(5)39-17-27(21-8-9-21)31-13-25-19(4)15-40-33(25)34(41-31)26-12-28(35)30(37)14-29(26)36/h7,10-14,16,18-19,21,27,38-40H,5,8-9,15,17H2,1-4,6H3/b23-16-,24-7-. The number of benzene rings is 2. The number of methoxy groups -OCH3 is 1. The van der Waals surface area contributed by atoms with Gasteiger partial charge in [0.15, 0.2) is 0 Å². The van der Waals surface area contributed by atoms with Gasteiger partial charge in [0.2, 0.25) is 0 Å². The van der Waals surface area contributed by atoms with Crippen molar-refractivity contribution in [3.05, 3.63) is 75.8 Å². The molecule has 1 aliphatic heterocycles. The number of hydrogen-bond acceptors (Lipinski definition) is 5. The van der Waals surface area contributed by atoms with Crippen LogP contribution in [0.2, 0.25) is 0 Å². The molecule has 2 heterocycles. The Kier molecular flexibility index (Phi) is 8.62. The number of pyridine rings is 1. The average Bonchev–Trinajstić information content (AvgIpc) is 3.74. The molecule has 218 valence electrons. The summed E-state index contributed by atoms with van der Waals surface area (Å²) in [4.78, 5) is 5.01. The molecule has 1 fully saturated rings. The fourth-order valence-electron chi connectivity index (χ4n) is 5.68. The molecular weight excluding hydrogens is 529 g/mol. The van der Waals surface area contributed by atoms with Gasteiger partial charge in [-0.25, -0.2) is 8.78 Å². The lowest BCUT2D eigenvalue weighted by Crippen LogP contribution is -2.31. The fourth-order valence-corrected chi connectivity index (χ4v) is 5.68. The molecule has 0 spiro atoms. The summed E-state index contributed by atoms with van der Waals surface area (Å²) >= 11 is 0. The largest absolute Gasteiger partial charge is 0.496 e. The molecule has 3 N–H and O–H groups in total. The highest BCUT2D eigenvalue weighted by molar-refractivity contribution is 6.32. The summed E-state index contributed by atoms with van der Waals surface area (Å²) < 4.78 is 34.8. The number of nitrogens with one attached hydrogen (secondary N) is 3. The molecule has 3 aromatic rings. The van der Waals surface area contributed by atoms with Crippen LogP contribution in [0.5, 0.6) is 5.75 Å². The van der Waals surface area contributed by atoms with Crippen molar-refractivity contribution < 1.29 is 13.5 Å². The Balaban J connectivity index is 1.48. The van der Waals surface area contributed by atoms with Gasteiger partial charge in [0, 0.05) is 76.2 Å². The molecule has 5 nitrogen and oxygen atoms in total. The van der Waals surface area contributed by atoms with E-state index in [4.69, 9.17) is 17.6 Å². The zero-order valence-electron chi connectivity index (χ0n) is 25.1. The van der Waals surface area contributed by atoms with Crippen LogP contribution in [0.15, 0.2) is 36.9 Å². The minimum absolute atomic E-state index is 0.0956. The smallest absolute Gasteiger partial charge is 0.135 e. The van der Waals surface area contributed by atoms with Crippen LogP contribution in [0.1, 0.15) is 69.2 Å². The lowest BCUT2D eigenvalue weighted by Gasteiger charge is -2.22. The summed E-state index contributed by atoms with van der Waals surface area (Å²) in [5.74, 6) is 0.123. The molecule has 0 bridgehead atoms. The first kappa shape index (κ1) is 29.7. The van der Waals surface area contributed by atoms with Crippen LogP contribution < -0.4 is 36.6 Å². The number of halogens is 2. The summed E-state index contributed by atoms with van der Waals surface area (Å²) in [5, 5.41) is 12.4. The van der Waals surface area contributed by atoms with Gasteiger partial charge < -0.3 is 20.7 Å². The molecule has 1 aliphatic carbocycles. The molecule has 8 heteroatoms. The van der Waals surface area contributed by atoms with Crippen molar-refractivity contribution in [1.29, 1.82) is 0 Å². The minimum Gasteiger partial charge on any atom is -0.496 e. The summed E-state index contributed by atoms with van der Waals surface area (Å²) in [6.45, 7) is 14.0. The third kappa shape index (κ3) is 6.03. The average molecular weight is 569 g/mol. The van der Waals surface area contributed by atoms with Crippen molar-refractivity contribution in [2.75, 3.05) is 25.5 Å². The Bertz CT molecular complexity index is 1630. The minimum atomic E-state index is -0.772. The van der Waals surface area contributed by atoms with E-state index in [9.17, 15) is 4.39 Å². The Morgan fingerprint density at radius 2 is 1.95 bits per heavy atom. The van der Waals surface area contributed by atoms with E-state index in [1.54, 1.807) is 7.11 Å². The van der Waals surface area contributed by atoms with Gasteiger partial charge in [-0.1, -0.05) is 31.1 Å². The second kappa shape index (κ2) is 12.2. The van der Waals surface area contributed by atoms with E-state index < -0.39 is 11.6 Å². The van der Waals surface area contributed by atoms with Gasteiger partial charge in [0.05, 0.1) is 18.5 Å². The number of hydrogen-bond donors (Lipinski definition) is 3. The van der Waals surface area contributed by atoms with E-state index in [2.05, 4.69) is 55.4 Å². The quantitative estimate of drug-likeness (QED) is 0.311. The zero-order chi connectivity index (χ0) is 30.1. The number of nitrogens with zero attached hydrogens (tertiary/aromatic N) is 1. The molecule has 2 aromatic carbocycles.